The van der Waals surface area contributed by atoms with Crippen LogP contribution < -0.4 is 4.74 Å². The number of benzene rings is 2. The standard InChI is InChI=1S/C16H13F3INO2/c1-21(15(22)12-3-2-4-13(20)9-12)10-11-5-7-14(8-6-11)23-16(17,18)19/h2-9H,10H2,1H3. The first-order chi connectivity index (χ1) is 10.7. The molecule has 0 atom stereocenters. The number of carbonyl (C=O) groups excluding carboxylic acids is 1. The summed E-state index contributed by atoms with van der Waals surface area (Å²) in [7, 11) is 1.64. The van der Waals surface area contributed by atoms with Crippen molar-refractivity contribution in [2.24, 2.45) is 0 Å². The second kappa shape index (κ2) is 7.20. The maximum absolute atomic E-state index is 12.3. The predicted octanol–water partition coefficient (Wildman–Crippen LogP) is 4.46. The topological polar surface area (TPSA) is 29.5 Å². The maximum atomic E-state index is 12.3. The van der Waals surface area contributed by atoms with E-state index in [1.807, 2.05) is 6.07 Å². The number of alkyl halides is 3. The zero-order chi connectivity index (χ0) is 17.0. The molecule has 0 aliphatic rings. The molecule has 0 radical (unpaired) electrons. The Bertz CT molecular complexity index is 686. The molecular weight excluding hydrogens is 422 g/mol. The molecule has 0 heterocycles. The minimum absolute atomic E-state index is 0.154. The van der Waals surface area contributed by atoms with Crippen LogP contribution in [0.5, 0.6) is 5.75 Å². The van der Waals surface area contributed by atoms with E-state index in [0.717, 1.165) is 3.57 Å². The Kier molecular flexibility index (Phi) is 5.51. The summed E-state index contributed by atoms with van der Waals surface area (Å²) < 4.78 is 41.1. The Morgan fingerprint density at radius 2 is 1.83 bits per heavy atom. The predicted molar refractivity (Wildman–Crippen MR) is 88.1 cm³/mol. The third-order valence-corrected chi connectivity index (χ3v) is 3.67. The molecule has 0 spiro atoms. The van der Waals surface area contributed by atoms with Crippen molar-refractivity contribution in [1.29, 1.82) is 0 Å². The summed E-state index contributed by atoms with van der Waals surface area (Å²) in [4.78, 5) is 13.8. The number of ether oxygens (including phenoxy) is 1. The highest BCUT2D eigenvalue weighted by molar-refractivity contribution is 14.1. The summed E-state index contributed by atoms with van der Waals surface area (Å²) in [5, 5.41) is 0. The lowest BCUT2D eigenvalue weighted by molar-refractivity contribution is -0.274. The Balaban J connectivity index is 2.02. The summed E-state index contributed by atoms with van der Waals surface area (Å²) >= 11 is 2.12. The summed E-state index contributed by atoms with van der Waals surface area (Å²) in [5.74, 6) is -0.438. The van der Waals surface area contributed by atoms with Crippen LogP contribution in [0.3, 0.4) is 0 Å². The van der Waals surface area contributed by atoms with E-state index >= 15 is 0 Å². The van der Waals surface area contributed by atoms with Crippen LogP contribution in [-0.4, -0.2) is 24.2 Å². The molecule has 0 saturated carbocycles. The van der Waals surface area contributed by atoms with Crippen molar-refractivity contribution in [3.05, 3.63) is 63.2 Å². The number of nitrogens with zero attached hydrogens (tertiary/aromatic N) is 1. The fourth-order valence-electron chi connectivity index (χ4n) is 1.98. The maximum Gasteiger partial charge on any atom is 0.573 e. The van der Waals surface area contributed by atoms with Gasteiger partial charge in [-0.05, 0) is 58.5 Å². The molecule has 2 aromatic rings. The van der Waals surface area contributed by atoms with Crippen molar-refractivity contribution < 1.29 is 22.7 Å². The third-order valence-electron chi connectivity index (χ3n) is 2.99. The largest absolute Gasteiger partial charge is 0.573 e. The normalized spacial score (nSPS) is 11.2. The monoisotopic (exact) mass is 435 g/mol. The van der Waals surface area contributed by atoms with Crippen LogP contribution in [0.25, 0.3) is 0 Å². The van der Waals surface area contributed by atoms with Crippen molar-refractivity contribution in [3.8, 4) is 5.75 Å². The van der Waals surface area contributed by atoms with E-state index in [1.165, 1.54) is 29.2 Å². The van der Waals surface area contributed by atoms with Gasteiger partial charge in [-0.25, -0.2) is 0 Å². The van der Waals surface area contributed by atoms with Gasteiger partial charge in [0.15, 0.2) is 0 Å². The lowest BCUT2D eigenvalue weighted by Gasteiger charge is -2.18. The SMILES string of the molecule is CN(Cc1ccc(OC(F)(F)F)cc1)C(=O)c1cccc(I)c1. The van der Waals surface area contributed by atoms with Gasteiger partial charge in [0.25, 0.3) is 5.91 Å². The Labute approximate surface area is 145 Å². The first-order valence-electron chi connectivity index (χ1n) is 6.60. The Morgan fingerprint density at radius 1 is 1.17 bits per heavy atom. The molecule has 2 rings (SSSR count). The van der Waals surface area contributed by atoms with Crippen LogP contribution in [0, 0.1) is 3.57 Å². The molecule has 0 N–H and O–H groups in total. The van der Waals surface area contributed by atoms with E-state index in [4.69, 9.17) is 0 Å². The second-order valence-corrected chi connectivity index (χ2v) is 6.11. The highest BCUT2D eigenvalue weighted by atomic mass is 127. The van der Waals surface area contributed by atoms with Crippen molar-refractivity contribution in [2.45, 2.75) is 12.9 Å². The molecule has 23 heavy (non-hydrogen) atoms. The van der Waals surface area contributed by atoms with E-state index in [-0.39, 0.29) is 18.2 Å². The average molecular weight is 435 g/mol. The highest BCUT2D eigenvalue weighted by Crippen LogP contribution is 2.23. The fraction of sp³-hybridized carbons (Fsp3) is 0.188. The van der Waals surface area contributed by atoms with Crippen LogP contribution in [0.4, 0.5) is 13.2 Å². The van der Waals surface area contributed by atoms with Gasteiger partial charge < -0.3 is 9.64 Å². The van der Waals surface area contributed by atoms with Gasteiger partial charge in [-0.15, -0.1) is 13.2 Å². The van der Waals surface area contributed by atoms with Crippen LogP contribution in [0.1, 0.15) is 15.9 Å². The highest BCUT2D eigenvalue weighted by Gasteiger charge is 2.30. The molecule has 0 aliphatic carbocycles. The summed E-state index contributed by atoms with van der Waals surface area (Å²) in [6.45, 7) is 0.288. The van der Waals surface area contributed by atoms with Gasteiger partial charge in [0, 0.05) is 22.7 Å². The molecule has 7 heteroatoms. The molecule has 0 saturated heterocycles. The van der Waals surface area contributed by atoms with Crippen molar-refractivity contribution >= 4 is 28.5 Å². The van der Waals surface area contributed by atoms with Gasteiger partial charge in [-0.3, -0.25) is 4.79 Å². The number of hydrogen-bond acceptors (Lipinski definition) is 2. The molecule has 122 valence electrons. The lowest BCUT2D eigenvalue weighted by atomic mass is 10.1. The number of amides is 1. The molecule has 0 fully saturated rings. The summed E-state index contributed by atoms with van der Waals surface area (Å²) in [6.07, 6.45) is -4.71. The van der Waals surface area contributed by atoms with Crippen LogP contribution in [0.15, 0.2) is 48.5 Å². The summed E-state index contributed by atoms with van der Waals surface area (Å²) in [6, 6.07) is 12.6. The van der Waals surface area contributed by atoms with Gasteiger partial charge in [-0.1, -0.05) is 18.2 Å². The quantitative estimate of drug-likeness (QED) is 0.664. The van der Waals surface area contributed by atoms with E-state index < -0.39 is 6.36 Å². The third kappa shape index (κ3) is 5.42. The molecule has 2 aromatic carbocycles. The Morgan fingerprint density at radius 3 is 2.39 bits per heavy atom. The van der Waals surface area contributed by atoms with Crippen molar-refractivity contribution in [2.75, 3.05) is 7.05 Å². The first kappa shape index (κ1) is 17.6. The molecule has 3 nitrogen and oxygen atoms in total. The van der Waals surface area contributed by atoms with Gasteiger partial charge in [0.05, 0.1) is 0 Å². The van der Waals surface area contributed by atoms with E-state index in [1.54, 1.807) is 25.2 Å². The van der Waals surface area contributed by atoms with Crippen molar-refractivity contribution in [1.82, 2.24) is 4.90 Å². The smallest absolute Gasteiger partial charge is 0.406 e. The van der Waals surface area contributed by atoms with Gasteiger partial charge >= 0.3 is 6.36 Å². The van der Waals surface area contributed by atoms with Gasteiger partial charge in [0.1, 0.15) is 5.75 Å². The minimum atomic E-state index is -4.71. The summed E-state index contributed by atoms with van der Waals surface area (Å²) in [5.41, 5.74) is 1.28. The van der Waals surface area contributed by atoms with Crippen molar-refractivity contribution in [3.63, 3.8) is 0 Å². The lowest BCUT2D eigenvalue weighted by Crippen LogP contribution is -2.26. The van der Waals surface area contributed by atoms with E-state index in [0.29, 0.717) is 11.1 Å². The minimum Gasteiger partial charge on any atom is -0.406 e. The molecular formula is C16H13F3INO2. The van der Waals surface area contributed by atoms with E-state index in [9.17, 15) is 18.0 Å². The number of carbonyl (C=O) groups is 1. The number of hydrogen-bond donors (Lipinski definition) is 0. The second-order valence-electron chi connectivity index (χ2n) is 4.86. The van der Waals surface area contributed by atoms with Gasteiger partial charge in [-0.2, -0.15) is 0 Å². The van der Waals surface area contributed by atoms with E-state index in [2.05, 4.69) is 27.3 Å². The van der Waals surface area contributed by atoms with Crippen LogP contribution in [0.2, 0.25) is 0 Å². The zero-order valence-corrected chi connectivity index (χ0v) is 14.3. The molecule has 0 unspecified atom stereocenters. The molecule has 0 aliphatic heterocycles. The molecule has 0 bridgehead atoms. The average Bonchev–Trinajstić information content (AvgIpc) is 2.47. The number of rotatable bonds is 4. The van der Waals surface area contributed by atoms with Crippen LogP contribution >= 0.6 is 22.6 Å². The zero-order valence-electron chi connectivity index (χ0n) is 12.1. The first-order valence-corrected chi connectivity index (χ1v) is 7.68. The molecule has 1 amide bonds. The Hall–Kier alpha value is -1.77. The number of halogens is 4. The van der Waals surface area contributed by atoms with Gasteiger partial charge in [0.2, 0.25) is 0 Å². The molecule has 0 aromatic heterocycles. The van der Waals surface area contributed by atoms with Crippen LogP contribution in [-0.2, 0) is 6.54 Å². The fourth-order valence-corrected chi connectivity index (χ4v) is 2.53.